The monoisotopic (exact) mass is 494 g/mol. The highest BCUT2D eigenvalue weighted by molar-refractivity contribution is 5.81. The van der Waals surface area contributed by atoms with Crippen LogP contribution in [-0.4, -0.2) is 74.0 Å². The van der Waals surface area contributed by atoms with Crippen molar-refractivity contribution in [3.63, 3.8) is 0 Å². The predicted octanol–water partition coefficient (Wildman–Crippen LogP) is 2.67. The van der Waals surface area contributed by atoms with Gasteiger partial charge in [-0.3, -0.25) is 0 Å². The van der Waals surface area contributed by atoms with Gasteiger partial charge in [-0.25, -0.2) is 9.59 Å². The van der Waals surface area contributed by atoms with Crippen LogP contribution in [0.2, 0.25) is 0 Å². The summed E-state index contributed by atoms with van der Waals surface area (Å²) in [5.41, 5.74) is 0.129. The topological polar surface area (TPSA) is 112 Å². The van der Waals surface area contributed by atoms with E-state index in [1.165, 1.54) is 12.8 Å². The molecule has 8 heteroatoms. The van der Waals surface area contributed by atoms with Crippen LogP contribution in [0.25, 0.3) is 0 Å². The third kappa shape index (κ3) is 7.15. The summed E-state index contributed by atoms with van der Waals surface area (Å²) in [4.78, 5) is 22.3. The molecule has 0 radical (unpaired) electrons. The zero-order valence-corrected chi connectivity index (χ0v) is 21.2. The molecular weight excluding hydrogens is 452 g/mol. The summed E-state index contributed by atoms with van der Waals surface area (Å²) in [5.74, 6) is 1.59. The number of hydrogen-bond donors (Lipinski definition) is 2. The minimum Gasteiger partial charge on any atom is -0.460 e. The Hall–Kier alpha value is -1.74. The van der Waals surface area contributed by atoms with E-state index in [9.17, 15) is 19.8 Å². The Kier molecular flexibility index (Phi) is 9.54. The van der Waals surface area contributed by atoms with Crippen molar-refractivity contribution >= 4 is 11.9 Å². The van der Waals surface area contributed by atoms with Gasteiger partial charge < -0.3 is 29.2 Å². The molecule has 3 fully saturated rings. The van der Waals surface area contributed by atoms with Crippen molar-refractivity contribution in [2.24, 2.45) is 34.5 Å². The van der Waals surface area contributed by atoms with Crippen LogP contribution in [0, 0.1) is 34.5 Å². The van der Waals surface area contributed by atoms with Gasteiger partial charge in [0.1, 0.15) is 25.4 Å². The van der Waals surface area contributed by atoms with Crippen molar-refractivity contribution in [3.05, 3.63) is 25.3 Å². The summed E-state index contributed by atoms with van der Waals surface area (Å²) < 4.78 is 21.5. The van der Waals surface area contributed by atoms with Crippen molar-refractivity contribution in [2.45, 2.75) is 58.2 Å². The van der Waals surface area contributed by atoms with Gasteiger partial charge in [-0.1, -0.05) is 27.0 Å². The van der Waals surface area contributed by atoms with Gasteiger partial charge in [-0.2, -0.15) is 0 Å². The lowest BCUT2D eigenvalue weighted by Crippen LogP contribution is -2.45. The second kappa shape index (κ2) is 12.0. The number of carbonyl (C=O) groups excluding carboxylic acids is 2. The number of ether oxygens (including phenoxy) is 4. The summed E-state index contributed by atoms with van der Waals surface area (Å²) in [6.45, 7) is 12.5. The maximum absolute atomic E-state index is 11.2. The van der Waals surface area contributed by atoms with E-state index in [1.54, 1.807) is 0 Å². The van der Waals surface area contributed by atoms with Gasteiger partial charge in [-0.15, -0.1) is 0 Å². The molecule has 35 heavy (non-hydrogen) atoms. The summed E-state index contributed by atoms with van der Waals surface area (Å²) in [5, 5.41) is 20.0. The molecule has 0 aliphatic heterocycles. The van der Waals surface area contributed by atoms with Crippen molar-refractivity contribution in [2.75, 3.05) is 39.6 Å². The van der Waals surface area contributed by atoms with Crippen LogP contribution < -0.4 is 0 Å². The van der Waals surface area contributed by atoms with Gasteiger partial charge in [0.25, 0.3) is 0 Å². The summed E-state index contributed by atoms with van der Waals surface area (Å²) in [6.07, 6.45) is 6.25. The maximum atomic E-state index is 11.2. The second-order valence-electron chi connectivity index (χ2n) is 11.3. The summed E-state index contributed by atoms with van der Waals surface area (Å²) in [6, 6.07) is 0. The predicted molar refractivity (Wildman–Crippen MR) is 129 cm³/mol. The molecular formula is C27H42O8. The molecule has 0 saturated heterocycles. The van der Waals surface area contributed by atoms with E-state index in [0.29, 0.717) is 25.0 Å². The molecule has 3 rings (SSSR count). The van der Waals surface area contributed by atoms with Gasteiger partial charge >= 0.3 is 11.9 Å². The lowest BCUT2D eigenvalue weighted by molar-refractivity contribution is -0.142. The Morgan fingerprint density at radius 1 is 0.914 bits per heavy atom. The van der Waals surface area contributed by atoms with E-state index in [2.05, 4.69) is 27.0 Å². The van der Waals surface area contributed by atoms with E-state index < -0.39 is 24.1 Å². The number of esters is 2. The molecule has 0 amide bonds. The van der Waals surface area contributed by atoms with Crippen LogP contribution in [0.5, 0.6) is 0 Å². The molecule has 3 aliphatic rings. The average Bonchev–Trinajstić information content (AvgIpc) is 3.35. The normalized spacial score (nSPS) is 35.1. The Bertz CT molecular complexity index is 768. The van der Waals surface area contributed by atoms with E-state index in [0.717, 1.165) is 43.3 Å². The SMILES string of the molecule is C=CC(=O)OCC(O)COCC1(C)CCC2C3CC(C2C1)C(C)(COCC(O)COC(=O)C=C)C3. The molecule has 0 aromatic heterocycles. The average molecular weight is 495 g/mol. The van der Waals surface area contributed by atoms with E-state index in [4.69, 9.17) is 18.9 Å². The number of aliphatic hydroxyl groups excluding tert-OH is 2. The van der Waals surface area contributed by atoms with Crippen LogP contribution in [0.1, 0.15) is 46.0 Å². The molecule has 0 heterocycles. The lowest BCUT2D eigenvalue weighted by atomic mass is 9.57. The van der Waals surface area contributed by atoms with Crippen molar-refractivity contribution in [1.29, 1.82) is 0 Å². The van der Waals surface area contributed by atoms with Crippen LogP contribution in [0.4, 0.5) is 0 Å². The van der Waals surface area contributed by atoms with Crippen LogP contribution >= 0.6 is 0 Å². The standard InChI is InChI=1S/C27H42O8/c1-5-24(30)34-14-19(28)12-32-16-26(3)8-7-21-18-9-23(22(21)11-26)27(4,10-18)17-33-13-20(29)15-35-25(31)6-2/h5-6,18-23,28-29H,1-2,7-17H2,3-4H3. The van der Waals surface area contributed by atoms with Gasteiger partial charge in [0, 0.05) is 12.2 Å². The molecule has 0 aromatic rings. The first-order valence-electron chi connectivity index (χ1n) is 12.7. The molecule has 0 spiro atoms. The fourth-order valence-electron chi connectivity index (χ4n) is 6.78. The fourth-order valence-corrected chi connectivity index (χ4v) is 6.78. The largest absolute Gasteiger partial charge is 0.460 e. The molecule has 0 aromatic carbocycles. The highest BCUT2D eigenvalue weighted by atomic mass is 16.6. The van der Waals surface area contributed by atoms with Crippen LogP contribution in [0.3, 0.4) is 0 Å². The molecule has 2 N–H and O–H groups in total. The Morgan fingerprint density at radius 2 is 1.49 bits per heavy atom. The molecule has 198 valence electrons. The number of aliphatic hydroxyl groups is 2. The second-order valence-corrected chi connectivity index (χ2v) is 11.3. The number of carbonyl (C=O) groups is 2. The van der Waals surface area contributed by atoms with Crippen molar-refractivity contribution in [1.82, 2.24) is 0 Å². The summed E-state index contributed by atoms with van der Waals surface area (Å²) in [7, 11) is 0. The molecule has 8 unspecified atom stereocenters. The smallest absolute Gasteiger partial charge is 0.330 e. The molecule has 3 saturated carbocycles. The number of rotatable bonds is 14. The quantitative estimate of drug-likeness (QED) is 0.280. The fraction of sp³-hybridized carbons (Fsp3) is 0.778. The highest BCUT2D eigenvalue weighted by Gasteiger charge is 2.60. The Balaban J connectivity index is 1.44. The minimum absolute atomic E-state index is 0.0517. The lowest BCUT2D eigenvalue weighted by Gasteiger charge is -2.49. The van der Waals surface area contributed by atoms with Gasteiger partial charge in [-0.05, 0) is 66.6 Å². The van der Waals surface area contributed by atoms with E-state index >= 15 is 0 Å². The third-order valence-electron chi connectivity index (χ3n) is 8.33. The Labute approximate surface area is 208 Å². The first-order chi connectivity index (χ1) is 16.6. The zero-order valence-electron chi connectivity index (χ0n) is 21.2. The highest BCUT2D eigenvalue weighted by Crippen LogP contribution is 2.66. The van der Waals surface area contributed by atoms with Gasteiger partial charge in [0.15, 0.2) is 0 Å². The Morgan fingerprint density at radius 3 is 2.06 bits per heavy atom. The third-order valence-corrected chi connectivity index (χ3v) is 8.33. The maximum Gasteiger partial charge on any atom is 0.330 e. The first kappa shape index (κ1) is 27.8. The summed E-state index contributed by atoms with van der Waals surface area (Å²) >= 11 is 0. The van der Waals surface area contributed by atoms with Gasteiger partial charge in [0.2, 0.25) is 0 Å². The van der Waals surface area contributed by atoms with E-state index in [1.807, 2.05) is 0 Å². The minimum atomic E-state index is -0.850. The molecule has 2 bridgehead atoms. The molecule has 3 aliphatic carbocycles. The molecule has 8 nitrogen and oxygen atoms in total. The zero-order chi connectivity index (χ0) is 25.6. The number of fused-ring (bicyclic) bond motifs is 5. The van der Waals surface area contributed by atoms with Gasteiger partial charge in [0.05, 0.1) is 26.4 Å². The van der Waals surface area contributed by atoms with Crippen LogP contribution in [-0.2, 0) is 28.5 Å². The van der Waals surface area contributed by atoms with Crippen LogP contribution in [0.15, 0.2) is 25.3 Å². The number of hydrogen-bond acceptors (Lipinski definition) is 8. The first-order valence-corrected chi connectivity index (χ1v) is 12.7. The molecule has 8 atom stereocenters. The van der Waals surface area contributed by atoms with Crippen molar-refractivity contribution < 1.29 is 38.7 Å². The van der Waals surface area contributed by atoms with Crippen molar-refractivity contribution in [3.8, 4) is 0 Å². The van der Waals surface area contributed by atoms with E-state index in [-0.39, 0.29) is 37.3 Å².